The fourth-order valence-electron chi connectivity index (χ4n) is 2.46. The zero-order chi connectivity index (χ0) is 11.3. The third kappa shape index (κ3) is 1.40. The van der Waals surface area contributed by atoms with Crippen LogP contribution in [0.1, 0.15) is 29.6 Å². The maximum absolute atomic E-state index is 11.9. The van der Waals surface area contributed by atoms with Crippen LogP contribution in [0.2, 0.25) is 0 Å². The lowest BCUT2D eigenvalue weighted by Gasteiger charge is -2.17. The minimum atomic E-state index is 0.0366. The molecule has 0 bridgehead atoms. The van der Waals surface area contributed by atoms with Crippen molar-refractivity contribution in [2.75, 3.05) is 0 Å². The van der Waals surface area contributed by atoms with E-state index in [1.54, 1.807) is 11.3 Å². The van der Waals surface area contributed by atoms with Gasteiger partial charge in [0.2, 0.25) is 0 Å². The third-order valence-corrected chi connectivity index (χ3v) is 4.43. The van der Waals surface area contributed by atoms with E-state index in [-0.39, 0.29) is 5.56 Å². The van der Waals surface area contributed by atoms with Crippen molar-refractivity contribution in [1.82, 2.24) is 9.97 Å². The van der Waals surface area contributed by atoms with Crippen LogP contribution in [-0.4, -0.2) is 9.97 Å². The van der Waals surface area contributed by atoms with Crippen molar-refractivity contribution in [1.29, 1.82) is 0 Å². The molecule has 4 heteroatoms. The first-order valence-electron chi connectivity index (χ1n) is 5.66. The number of aryl methyl sites for hydroxylation is 2. The summed E-state index contributed by atoms with van der Waals surface area (Å²) in [4.78, 5) is 21.4. The predicted molar refractivity (Wildman–Crippen MR) is 66.2 cm³/mol. The Kier molecular flexibility index (Phi) is 2.14. The van der Waals surface area contributed by atoms with E-state index in [0.29, 0.717) is 5.82 Å². The number of thiophene rings is 1. The summed E-state index contributed by atoms with van der Waals surface area (Å²) in [5, 5.41) is 0.845. The summed E-state index contributed by atoms with van der Waals surface area (Å²) in [6, 6.07) is 0. The van der Waals surface area contributed by atoms with Crippen LogP contribution in [0.4, 0.5) is 0 Å². The molecular weight excluding hydrogens is 220 g/mol. The van der Waals surface area contributed by atoms with Gasteiger partial charge in [-0.2, -0.15) is 0 Å². The van der Waals surface area contributed by atoms with Crippen LogP contribution < -0.4 is 5.56 Å². The highest BCUT2D eigenvalue weighted by Gasteiger charge is 2.22. The average Bonchev–Trinajstić information content (AvgIpc) is 2.54. The number of rotatable bonds is 0. The molecule has 3 nitrogen and oxygen atoms in total. The van der Waals surface area contributed by atoms with Gasteiger partial charge >= 0.3 is 0 Å². The van der Waals surface area contributed by atoms with Crippen molar-refractivity contribution >= 4 is 21.6 Å². The van der Waals surface area contributed by atoms with Crippen LogP contribution >= 0.6 is 11.3 Å². The molecule has 3 rings (SSSR count). The summed E-state index contributed by atoms with van der Waals surface area (Å²) in [6.45, 7) is 4.11. The third-order valence-electron chi connectivity index (χ3n) is 3.28. The zero-order valence-electron chi connectivity index (χ0n) is 9.46. The van der Waals surface area contributed by atoms with Gasteiger partial charge in [-0.1, -0.05) is 6.92 Å². The Morgan fingerprint density at radius 1 is 1.50 bits per heavy atom. The highest BCUT2D eigenvalue weighted by molar-refractivity contribution is 7.18. The molecule has 1 aliphatic rings. The molecule has 2 aromatic rings. The van der Waals surface area contributed by atoms with Gasteiger partial charge in [0.15, 0.2) is 0 Å². The van der Waals surface area contributed by atoms with Gasteiger partial charge in [-0.15, -0.1) is 11.3 Å². The summed E-state index contributed by atoms with van der Waals surface area (Å²) < 4.78 is 0. The van der Waals surface area contributed by atoms with Gasteiger partial charge in [0.05, 0.1) is 5.39 Å². The Balaban J connectivity index is 2.33. The van der Waals surface area contributed by atoms with Gasteiger partial charge in [-0.05, 0) is 37.7 Å². The lowest BCUT2D eigenvalue weighted by molar-refractivity contribution is 0.509. The van der Waals surface area contributed by atoms with Crippen molar-refractivity contribution in [3.63, 3.8) is 0 Å². The molecule has 16 heavy (non-hydrogen) atoms. The lowest BCUT2D eigenvalue weighted by Crippen LogP contribution is -2.13. The number of hydrogen-bond donors (Lipinski definition) is 1. The minimum Gasteiger partial charge on any atom is -0.310 e. The molecule has 0 spiro atoms. The quantitative estimate of drug-likeness (QED) is 0.761. The molecule has 2 aromatic heterocycles. The Hall–Kier alpha value is -1.16. The molecule has 0 saturated heterocycles. The first kappa shape index (κ1) is 10.0. The number of H-pyrrole nitrogens is 1. The molecule has 0 fully saturated rings. The summed E-state index contributed by atoms with van der Waals surface area (Å²) in [6.07, 6.45) is 3.32. The van der Waals surface area contributed by atoms with E-state index in [1.807, 2.05) is 6.92 Å². The van der Waals surface area contributed by atoms with Gasteiger partial charge < -0.3 is 4.98 Å². The van der Waals surface area contributed by atoms with Crippen molar-refractivity contribution in [3.8, 4) is 0 Å². The van der Waals surface area contributed by atoms with Gasteiger partial charge in [0.25, 0.3) is 5.56 Å². The van der Waals surface area contributed by atoms with Gasteiger partial charge in [-0.25, -0.2) is 4.98 Å². The zero-order valence-corrected chi connectivity index (χ0v) is 10.3. The second-order valence-electron chi connectivity index (χ2n) is 4.68. The van der Waals surface area contributed by atoms with Crippen molar-refractivity contribution in [2.24, 2.45) is 5.92 Å². The number of nitrogens with zero attached hydrogens (tertiary/aromatic N) is 1. The molecule has 2 heterocycles. The number of nitrogens with one attached hydrogen (secondary N) is 1. The Labute approximate surface area is 97.5 Å². The van der Waals surface area contributed by atoms with Crippen molar-refractivity contribution < 1.29 is 0 Å². The normalized spacial score (nSPS) is 20.0. The number of hydrogen-bond acceptors (Lipinski definition) is 3. The first-order valence-corrected chi connectivity index (χ1v) is 6.48. The monoisotopic (exact) mass is 234 g/mol. The van der Waals surface area contributed by atoms with Crippen molar-refractivity contribution in [2.45, 2.75) is 33.1 Å². The summed E-state index contributed by atoms with van der Waals surface area (Å²) in [5.74, 6) is 1.45. The van der Waals surface area contributed by atoms with E-state index in [9.17, 15) is 4.79 Å². The topological polar surface area (TPSA) is 45.8 Å². The number of aromatic amines is 1. The van der Waals surface area contributed by atoms with Crippen LogP contribution in [0.5, 0.6) is 0 Å². The van der Waals surface area contributed by atoms with E-state index >= 15 is 0 Å². The van der Waals surface area contributed by atoms with Gasteiger partial charge in [-0.3, -0.25) is 4.79 Å². The predicted octanol–water partition coefficient (Wildman–Crippen LogP) is 2.42. The fourth-order valence-corrected chi connectivity index (χ4v) is 3.89. The van der Waals surface area contributed by atoms with Gasteiger partial charge in [0, 0.05) is 4.88 Å². The second kappa shape index (κ2) is 3.42. The van der Waals surface area contributed by atoms with E-state index < -0.39 is 0 Å². The molecule has 1 N–H and O–H groups in total. The molecule has 0 amide bonds. The Morgan fingerprint density at radius 2 is 2.31 bits per heavy atom. The SMILES string of the molecule is Cc1nc2sc3c(c2c(=O)[nH]1)CC[C@@H](C)C3. The molecule has 0 aromatic carbocycles. The van der Waals surface area contributed by atoms with Crippen LogP contribution in [0.3, 0.4) is 0 Å². The molecule has 1 atom stereocenters. The maximum Gasteiger partial charge on any atom is 0.259 e. The number of fused-ring (bicyclic) bond motifs is 3. The van der Waals surface area contributed by atoms with Crippen LogP contribution in [0, 0.1) is 12.8 Å². The van der Waals surface area contributed by atoms with Crippen LogP contribution in [0.25, 0.3) is 10.2 Å². The Bertz CT molecular complexity index is 611. The van der Waals surface area contributed by atoms with Crippen LogP contribution in [0.15, 0.2) is 4.79 Å². The number of aromatic nitrogens is 2. The Morgan fingerprint density at radius 3 is 3.12 bits per heavy atom. The van der Waals surface area contributed by atoms with Gasteiger partial charge in [0.1, 0.15) is 10.7 Å². The van der Waals surface area contributed by atoms with E-state index in [4.69, 9.17) is 0 Å². The molecule has 0 aliphatic heterocycles. The minimum absolute atomic E-state index is 0.0366. The van der Waals surface area contributed by atoms with Crippen molar-refractivity contribution in [3.05, 3.63) is 26.6 Å². The molecular formula is C12H14N2OS. The first-order chi connectivity index (χ1) is 7.65. The van der Waals surface area contributed by atoms with E-state index in [1.165, 1.54) is 16.9 Å². The van der Waals surface area contributed by atoms with Crippen LogP contribution in [-0.2, 0) is 12.8 Å². The standard InChI is InChI=1S/C12H14N2OS/c1-6-3-4-8-9(5-6)16-12-10(8)11(15)13-7(2)14-12/h6H,3-5H2,1-2H3,(H,13,14,15)/t6-/m1/s1. The second-order valence-corrected chi connectivity index (χ2v) is 5.77. The average molecular weight is 234 g/mol. The highest BCUT2D eigenvalue weighted by Crippen LogP contribution is 2.35. The summed E-state index contributed by atoms with van der Waals surface area (Å²) in [5.41, 5.74) is 1.29. The molecule has 84 valence electrons. The van der Waals surface area contributed by atoms with E-state index in [2.05, 4.69) is 16.9 Å². The smallest absolute Gasteiger partial charge is 0.259 e. The molecule has 1 aliphatic carbocycles. The largest absolute Gasteiger partial charge is 0.310 e. The maximum atomic E-state index is 11.9. The fraction of sp³-hybridized carbons (Fsp3) is 0.500. The molecule has 0 saturated carbocycles. The summed E-state index contributed by atoms with van der Waals surface area (Å²) in [7, 11) is 0. The lowest BCUT2D eigenvalue weighted by atomic mass is 9.89. The highest BCUT2D eigenvalue weighted by atomic mass is 32.1. The van der Waals surface area contributed by atoms with E-state index in [0.717, 1.165) is 29.0 Å². The molecule has 0 radical (unpaired) electrons. The summed E-state index contributed by atoms with van der Waals surface area (Å²) >= 11 is 1.70. The molecule has 0 unspecified atom stereocenters.